The second-order valence-corrected chi connectivity index (χ2v) is 10.6. The van der Waals surface area contributed by atoms with Crippen molar-refractivity contribution in [3.05, 3.63) is 54.0 Å². The number of hydrogen-bond donors (Lipinski definition) is 1. The molecule has 0 bridgehead atoms. The van der Waals surface area contributed by atoms with E-state index in [9.17, 15) is 14.4 Å². The van der Waals surface area contributed by atoms with Crippen molar-refractivity contribution < 1.29 is 19.1 Å². The summed E-state index contributed by atoms with van der Waals surface area (Å²) in [6.07, 6.45) is 3.60. The molecule has 2 aromatic carbocycles. The summed E-state index contributed by atoms with van der Waals surface area (Å²) in [7, 11) is 0. The third-order valence-corrected chi connectivity index (χ3v) is 7.20. The van der Waals surface area contributed by atoms with Gasteiger partial charge in [-0.25, -0.2) is 0 Å². The van der Waals surface area contributed by atoms with E-state index in [0.29, 0.717) is 18.0 Å². The van der Waals surface area contributed by atoms with Gasteiger partial charge in [0, 0.05) is 19.7 Å². The molecule has 0 spiro atoms. The average Bonchev–Trinajstić information content (AvgIpc) is 2.98. The number of imide groups is 1. The predicted molar refractivity (Wildman–Crippen MR) is 143 cm³/mol. The maximum atomic E-state index is 12.8. The number of carbonyl (C=O) groups excluding carboxylic acids is 3. The highest BCUT2D eigenvalue weighted by atomic mass is 127. The molecule has 0 aromatic heterocycles. The second kappa shape index (κ2) is 11.1. The van der Waals surface area contributed by atoms with Gasteiger partial charge in [0.2, 0.25) is 5.91 Å². The highest BCUT2D eigenvalue weighted by molar-refractivity contribution is 14.1. The highest BCUT2D eigenvalue weighted by Crippen LogP contribution is 2.36. The van der Waals surface area contributed by atoms with Crippen LogP contribution in [0.4, 0.5) is 10.5 Å². The van der Waals surface area contributed by atoms with Crippen molar-refractivity contribution in [1.82, 2.24) is 4.90 Å². The normalized spacial score (nSPS) is 15.0. The Morgan fingerprint density at radius 3 is 2.74 bits per heavy atom. The number of carbonyl (C=O) groups is 3. The van der Waals surface area contributed by atoms with Gasteiger partial charge in [-0.2, -0.15) is 0 Å². The van der Waals surface area contributed by atoms with E-state index in [-0.39, 0.29) is 11.4 Å². The zero-order valence-electron chi connectivity index (χ0n) is 16.6. The van der Waals surface area contributed by atoms with Crippen molar-refractivity contribution in [1.29, 1.82) is 0 Å². The van der Waals surface area contributed by atoms with E-state index in [1.165, 1.54) is 0 Å². The van der Waals surface area contributed by atoms with Gasteiger partial charge >= 0.3 is 0 Å². The fraction of sp³-hybridized carbons (Fsp3) is 0.190. The SMILES string of the molecule is CCOc1c(I)cc(I)cc1/C=C1/SC(=O)N(CC(=O)Nc2cccc(SC)c2)C1=O. The van der Waals surface area contributed by atoms with Gasteiger partial charge in [0.1, 0.15) is 12.3 Å². The lowest BCUT2D eigenvalue weighted by Gasteiger charge is -2.13. The molecule has 1 heterocycles. The van der Waals surface area contributed by atoms with E-state index in [2.05, 4.69) is 50.5 Å². The summed E-state index contributed by atoms with van der Waals surface area (Å²) >= 11 is 6.76. The zero-order chi connectivity index (χ0) is 22.5. The van der Waals surface area contributed by atoms with E-state index in [0.717, 1.165) is 34.3 Å². The van der Waals surface area contributed by atoms with Gasteiger partial charge in [-0.3, -0.25) is 19.3 Å². The van der Waals surface area contributed by atoms with Crippen LogP contribution in [-0.4, -0.2) is 41.4 Å². The number of rotatable bonds is 7. The molecule has 0 saturated carbocycles. The van der Waals surface area contributed by atoms with Gasteiger partial charge in [-0.05, 0) is 107 Å². The summed E-state index contributed by atoms with van der Waals surface area (Å²) in [6, 6.07) is 11.2. The smallest absolute Gasteiger partial charge is 0.294 e. The average molecular weight is 680 g/mol. The van der Waals surface area contributed by atoms with Gasteiger partial charge < -0.3 is 10.1 Å². The van der Waals surface area contributed by atoms with Crippen molar-refractivity contribution in [3.63, 3.8) is 0 Å². The summed E-state index contributed by atoms with van der Waals surface area (Å²) in [5.74, 6) is -0.248. The monoisotopic (exact) mass is 680 g/mol. The lowest BCUT2D eigenvalue weighted by molar-refractivity contribution is -0.127. The number of ether oxygens (including phenoxy) is 1. The summed E-state index contributed by atoms with van der Waals surface area (Å²) in [5.41, 5.74) is 1.34. The molecule has 3 amide bonds. The number of thioether (sulfide) groups is 2. The van der Waals surface area contributed by atoms with Crippen molar-refractivity contribution >= 4 is 97.5 Å². The van der Waals surface area contributed by atoms with Gasteiger partial charge in [0.05, 0.1) is 15.1 Å². The largest absolute Gasteiger partial charge is 0.492 e. The fourth-order valence-corrected chi connectivity index (χ4v) is 6.14. The van der Waals surface area contributed by atoms with Crippen LogP contribution in [0.2, 0.25) is 0 Å². The molecule has 1 saturated heterocycles. The number of benzene rings is 2. The molecule has 6 nitrogen and oxygen atoms in total. The molecule has 1 aliphatic rings. The Bertz CT molecular complexity index is 1080. The minimum absolute atomic E-state index is 0.265. The molecular weight excluding hydrogens is 662 g/mol. The van der Waals surface area contributed by atoms with Crippen LogP contribution in [0.15, 0.2) is 46.2 Å². The maximum Gasteiger partial charge on any atom is 0.294 e. The minimum Gasteiger partial charge on any atom is -0.492 e. The number of hydrogen-bond acceptors (Lipinski definition) is 6. The topological polar surface area (TPSA) is 75.7 Å². The summed E-state index contributed by atoms with van der Waals surface area (Å²) in [6.45, 7) is 2.03. The summed E-state index contributed by atoms with van der Waals surface area (Å²) in [5, 5.41) is 2.27. The summed E-state index contributed by atoms with van der Waals surface area (Å²) in [4.78, 5) is 39.9. The molecular formula is C21H18I2N2O4S2. The van der Waals surface area contributed by atoms with Crippen LogP contribution in [0.1, 0.15) is 12.5 Å². The van der Waals surface area contributed by atoms with Crippen LogP contribution in [0.5, 0.6) is 5.75 Å². The molecule has 3 rings (SSSR count). The highest BCUT2D eigenvalue weighted by Gasteiger charge is 2.36. The Kier molecular flexibility index (Phi) is 8.70. The maximum absolute atomic E-state index is 12.8. The molecule has 2 aromatic rings. The molecule has 0 unspecified atom stereocenters. The first kappa shape index (κ1) is 24.4. The van der Waals surface area contributed by atoms with E-state index in [1.807, 2.05) is 43.5 Å². The molecule has 162 valence electrons. The minimum atomic E-state index is -0.487. The van der Waals surface area contributed by atoms with Crippen molar-refractivity contribution in [2.45, 2.75) is 11.8 Å². The molecule has 0 aliphatic carbocycles. The third kappa shape index (κ3) is 6.17. The van der Waals surface area contributed by atoms with Crippen LogP contribution < -0.4 is 10.1 Å². The standard InChI is InChI=1S/C21H18I2N2O4S2/c1-3-29-19-12(7-13(22)9-16(19)23)8-17-20(27)25(21(28)31-17)11-18(26)24-14-5-4-6-15(10-14)30-2/h4-10H,3,11H2,1-2H3,(H,24,26)/b17-8+. The Balaban J connectivity index is 1.77. The Labute approximate surface area is 216 Å². The third-order valence-electron chi connectivity index (χ3n) is 4.14. The number of amides is 3. The molecule has 10 heteroatoms. The number of nitrogens with one attached hydrogen (secondary N) is 1. The van der Waals surface area contributed by atoms with Crippen LogP contribution in [-0.2, 0) is 9.59 Å². The molecule has 1 aliphatic heterocycles. The van der Waals surface area contributed by atoms with Gasteiger partial charge in [0.25, 0.3) is 11.1 Å². The van der Waals surface area contributed by atoms with Crippen molar-refractivity contribution in [2.24, 2.45) is 0 Å². The van der Waals surface area contributed by atoms with Gasteiger partial charge in [-0.15, -0.1) is 11.8 Å². The van der Waals surface area contributed by atoms with E-state index in [1.54, 1.807) is 23.9 Å². The van der Waals surface area contributed by atoms with E-state index in [4.69, 9.17) is 4.74 Å². The quantitative estimate of drug-likeness (QED) is 0.230. The molecule has 1 N–H and O–H groups in total. The van der Waals surface area contributed by atoms with E-state index < -0.39 is 17.1 Å². The Hall–Kier alpha value is -1.25. The molecule has 0 radical (unpaired) electrons. The van der Waals surface area contributed by atoms with Crippen molar-refractivity contribution in [3.8, 4) is 5.75 Å². The van der Waals surface area contributed by atoms with Crippen LogP contribution >= 0.6 is 68.7 Å². The number of nitrogens with zero attached hydrogens (tertiary/aromatic N) is 1. The van der Waals surface area contributed by atoms with Crippen LogP contribution in [0.3, 0.4) is 0 Å². The fourth-order valence-electron chi connectivity index (χ4n) is 2.81. The first-order valence-electron chi connectivity index (χ1n) is 9.13. The summed E-state index contributed by atoms with van der Waals surface area (Å²) < 4.78 is 7.64. The van der Waals surface area contributed by atoms with Gasteiger partial charge in [-0.1, -0.05) is 6.07 Å². The van der Waals surface area contributed by atoms with E-state index >= 15 is 0 Å². The van der Waals surface area contributed by atoms with Crippen LogP contribution in [0.25, 0.3) is 6.08 Å². The predicted octanol–water partition coefficient (Wildman–Crippen LogP) is 5.69. The second-order valence-electron chi connectivity index (χ2n) is 6.29. The molecule has 1 fully saturated rings. The van der Waals surface area contributed by atoms with Gasteiger partial charge in [0.15, 0.2) is 0 Å². The Morgan fingerprint density at radius 2 is 2.03 bits per heavy atom. The number of halogens is 2. The molecule has 0 atom stereocenters. The molecule has 31 heavy (non-hydrogen) atoms. The Morgan fingerprint density at radius 1 is 1.26 bits per heavy atom. The zero-order valence-corrected chi connectivity index (χ0v) is 22.6. The first-order valence-corrected chi connectivity index (χ1v) is 13.3. The lowest BCUT2D eigenvalue weighted by Crippen LogP contribution is -2.36. The van der Waals surface area contributed by atoms with Crippen LogP contribution in [0, 0.1) is 7.14 Å². The number of anilines is 1. The lowest BCUT2D eigenvalue weighted by atomic mass is 10.2. The first-order chi connectivity index (χ1) is 14.8. The van der Waals surface area contributed by atoms with Crippen molar-refractivity contribution in [2.75, 3.05) is 24.7 Å².